The normalized spacial score (nSPS) is 25.8. The predicted octanol–water partition coefficient (Wildman–Crippen LogP) is 5.52. The molecule has 3 aliphatic rings. The van der Waals surface area contributed by atoms with Crippen LogP contribution in [0.4, 0.5) is 4.79 Å². The molecule has 3 aromatic carbocycles. The molecule has 13 nitrogen and oxygen atoms in total. The number of aliphatic hydroxyl groups is 1. The smallest absolute Gasteiger partial charge is 0.407 e. The van der Waals surface area contributed by atoms with E-state index in [4.69, 9.17) is 28.4 Å². The standard InChI is InChI=1S/C36H40N4O9/c1-20(46-34-29(39-40-37)30(41)31-27(47-34)19-44-33(48-31)21-12-6-5-7-13-21)28(32(42)49-36(2,3)4)38-35(43)45-18-26-24-16-10-8-14-22(24)23-15-9-11-17-25(23)26/h5-17,20,26-31,33-34,41H,18-19H2,1-4H3,(H,38,43). The lowest BCUT2D eigenvalue weighted by molar-refractivity contribution is -0.346. The van der Waals surface area contributed by atoms with Crippen LogP contribution in [0.15, 0.2) is 84.0 Å². The Labute approximate surface area is 284 Å². The molecule has 2 saturated heterocycles. The van der Waals surface area contributed by atoms with Gasteiger partial charge in [0.25, 0.3) is 0 Å². The summed E-state index contributed by atoms with van der Waals surface area (Å²) in [5.74, 6) is -0.971. The van der Waals surface area contributed by atoms with E-state index in [1.165, 1.54) is 6.92 Å². The quantitative estimate of drug-likeness (QED) is 0.129. The number of carbonyl (C=O) groups is 2. The highest BCUT2D eigenvalue weighted by Gasteiger charge is 2.50. The molecule has 1 aliphatic carbocycles. The Morgan fingerprint density at radius 2 is 1.63 bits per heavy atom. The lowest BCUT2D eigenvalue weighted by Gasteiger charge is -2.47. The molecule has 0 saturated carbocycles. The number of fused-ring (bicyclic) bond motifs is 4. The third-order valence-electron chi connectivity index (χ3n) is 8.69. The minimum absolute atomic E-state index is 0.0278. The van der Waals surface area contributed by atoms with Crippen LogP contribution in [0.2, 0.25) is 0 Å². The van der Waals surface area contributed by atoms with Crippen molar-refractivity contribution in [3.05, 3.63) is 106 Å². The number of aliphatic hydroxyl groups excluding tert-OH is 1. The van der Waals surface area contributed by atoms with E-state index in [0.29, 0.717) is 0 Å². The molecule has 258 valence electrons. The second-order valence-electron chi connectivity index (χ2n) is 13.2. The van der Waals surface area contributed by atoms with Crippen LogP contribution >= 0.6 is 0 Å². The van der Waals surface area contributed by atoms with Crippen LogP contribution in [0.1, 0.15) is 56.6 Å². The topological polar surface area (TPSA) is 171 Å². The first-order valence-electron chi connectivity index (χ1n) is 16.2. The zero-order valence-corrected chi connectivity index (χ0v) is 27.7. The SMILES string of the molecule is CC(OC1OC2COC(c3ccccc3)OC2C(O)C1N=[N+]=[N-])C(NC(=O)OCC1c2ccccc2-c2ccccc21)C(=O)OC(C)(C)C. The maximum atomic E-state index is 13.5. The Kier molecular flexibility index (Phi) is 10.2. The zero-order chi connectivity index (χ0) is 34.7. The molecule has 0 bridgehead atoms. The summed E-state index contributed by atoms with van der Waals surface area (Å²) in [6.45, 7) is 6.71. The first kappa shape index (κ1) is 34.4. The summed E-state index contributed by atoms with van der Waals surface area (Å²) in [5, 5.41) is 17.7. The van der Waals surface area contributed by atoms with Gasteiger partial charge in [0.05, 0.1) is 18.8 Å². The van der Waals surface area contributed by atoms with Gasteiger partial charge in [-0.2, -0.15) is 0 Å². The third kappa shape index (κ3) is 7.57. The maximum Gasteiger partial charge on any atom is 0.407 e. The molecule has 8 atom stereocenters. The minimum atomic E-state index is -1.36. The molecule has 2 aliphatic heterocycles. The predicted molar refractivity (Wildman–Crippen MR) is 176 cm³/mol. The second-order valence-corrected chi connectivity index (χ2v) is 13.2. The van der Waals surface area contributed by atoms with Crippen molar-refractivity contribution < 1.29 is 43.1 Å². The fraction of sp³-hybridized carbons (Fsp3) is 0.444. The van der Waals surface area contributed by atoms with Crippen LogP contribution in [0.5, 0.6) is 0 Å². The molecular formula is C36H40N4O9. The molecule has 1 amide bonds. The van der Waals surface area contributed by atoms with Gasteiger partial charge in [-0.3, -0.25) is 0 Å². The Balaban J connectivity index is 1.15. The van der Waals surface area contributed by atoms with Gasteiger partial charge in [0, 0.05) is 16.4 Å². The number of esters is 1. The summed E-state index contributed by atoms with van der Waals surface area (Å²) in [4.78, 5) is 29.6. The van der Waals surface area contributed by atoms with Gasteiger partial charge in [-0.1, -0.05) is 84.0 Å². The molecule has 0 radical (unpaired) electrons. The highest BCUT2D eigenvalue weighted by Crippen LogP contribution is 2.44. The van der Waals surface area contributed by atoms with Gasteiger partial charge in [0.15, 0.2) is 18.6 Å². The lowest BCUT2D eigenvalue weighted by atomic mass is 9.96. The van der Waals surface area contributed by atoms with Gasteiger partial charge < -0.3 is 38.8 Å². The largest absolute Gasteiger partial charge is 0.458 e. The molecule has 49 heavy (non-hydrogen) atoms. The summed E-state index contributed by atoms with van der Waals surface area (Å²) in [6.07, 6.45) is -7.05. The first-order chi connectivity index (χ1) is 23.5. The van der Waals surface area contributed by atoms with Gasteiger partial charge in [0.1, 0.15) is 30.5 Å². The van der Waals surface area contributed by atoms with Crippen LogP contribution < -0.4 is 5.32 Å². The van der Waals surface area contributed by atoms with E-state index in [2.05, 4.69) is 15.3 Å². The molecule has 8 unspecified atom stereocenters. The Hall–Kier alpha value is -4.49. The number of hydrogen-bond donors (Lipinski definition) is 2. The van der Waals surface area contributed by atoms with Crippen molar-refractivity contribution in [2.75, 3.05) is 13.2 Å². The van der Waals surface area contributed by atoms with Crippen molar-refractivity contribution in [1.82, 2.24) is 5.32 Å². The van der Waals surface area contributed by atoms with E-state index in [0.717, 1.165) is 27.8 Å². The average molecular weight is 673 g/mol. The van der Waals surface area contributed by atoms with Crippen LogP contribution in [0, 0.1) is 0 Å². The minimum Gasteiger partial charge on any atom is -0.458 e. The van der Waals surface area contributed by atoms with Gasteiger partial charge in [0.2, 0.25) is 0 Å². The molecule has 0 aromatic heterocycles. The number of nitrogens with zero attached hydrogens (tertiary/aromatic N) is 3. The number of alkyl carbamates (subject to hydrolysis) is 1. The summed E-state index contributed by atoms with van der Waals surface area (Å²) in [7, 11) is 0. The molecule has 0 spiro atoms. The molecule has 2 N–H and O–H groups in total. The van der Waals surface area contributed by atoms with Gasteiger partial charge in [-0.15, -0.1) is 0 Å². The van der Waals surface area contributed by atoms with E-state index >= 15 is 0 Å². The Bertz CT molecular complexity index is 1650. The number of azide groups is 1. The Morgan fingerprint density at radius 1 is 1.00 bits per heavy atom. The average Bonchev–Trinajstić information content (AvgIpc) is 3.41. The monoisotopic (exact) mass is 672 g/mol. The highest BCUT2D eigenvalue weighted by molar-refractivity contribution is 5.82. The van der Waals surface area contributed by atoms with E-state index in [1.54, 1.807) is 20.8 Å². The van der Waals surface area contributed by atoms with Gasteiger partial charge in [-0.25, -0.2) is 9.59 Å². The highest BCUT2D eigenvalue weighted by atomic mass is 16.7. The fourth-order valence-corrected chi connectivity index (χ4v) is 6.44. The van der Waals surface area contributed by atoms with E-state index in [-0.39, 0.29) is 19.1 Å². The lowest BCUT2D eigenvalue weighted by Crippen LogP contribution is -2.63. The number of carbonyl (C=O) groups excluding carboxylic acids is 2. The summed E-state index contributed by atoms with van der Waals surface area (Å²) < 4.78 is 35.5. The van der Waals surface area contributed by atoms with Crippen molar-refractivity contribution in [2.24, 2.45) is 5.11 Å². The molecule has 2 fully saturated rings. The number of rotatable bonds is 9. The van der Waals surface area contributed by atoms with Crippen molar-refractivity contribution in [1.29, 1.82) is 0 Å². The molecular weight excluding hydrogens is 632 g/mol. The molecule has 2 heterocycles. The number of hydrogen-bond acceptors (Lipinski definition) is 10. The second kappa shape index (κ2) is 14.6. The Morgan fingerprint density at radius 3 is 2.27 bits per heavy atom. The van der Waals surface area contributed by atoms with E-state index < -0.39 is 66.7 Å². The first-order valence-corrected chi connectivity index (χ1v) is 16.2. The van der Waals surface area contributed by atoms with Crippen molar-refractivity contribution in [3.8, 4) is 11.1 Å². The van der Waals surface area contributed by atoms with Crippen molar-refractivity contribution >= 4 is 12.1 Å². The number of nitrogens with one attached hydrogen (secondary N) is 1. The fourth-order valence-electron chi connectivity index (χ4n) is 6.44. The van der Waals surface area contributed by atoms with Crippen molar-refractivity contribution in [3.63, 3.8) is 0 Å². The van der Waals surface area contributed by atoms with Gasteiger partial charge >= 0.3 is 12.1 Å². The zero-order valence-electron chi connectivity index (χ0n) is 27.7. The van der Waals surface area contributed by atoms with E-state index in [9.17, 15) is 20.2 Å². The summed E-state index contributed by atoms with van der Waals surface area (Å²) in [6, 6.07) is 22.5. The summed E-state index contributed by atoms with van der Waals surface area (Å²) >= 11 is 0. The van der Waals surface area contributed by atoms with Crippen LogP contribution in [-0.4, -0.2) is 78.8 Å². The third-order valence-corrected chi connectivity index (χ3v) is 8.69. The maximum absolute atomic E-state index is 13.5. The van der Waals surface area contributed by atoms with Crippen molar-refractivity contribution in [2.45, 2.75) is 88.3 Å². The van der Waals surface area contributed by atoms with E-state index in [1.807, 2.05) is 78.9 Å². The number of ether oxygens (including phenoxy) is 6. The van der Waals surface area contributed by atoms with Crippen LogP contribution in [0.25, 0.3) is 21.6 Å². The van der Waals surface area contributed by atoms with Gasteiger partial charge in [-0.05, 0) is 55.5 Å². The van der Waals surface area contributed by atoms with Crippen LogP contribution in [-0.2, 0) is 33.2 Å². The molecule has 6 rings (SSSR count). The molecule has 13 heteroatoms. The number of amides is 1. The summed E-state index contributed by atoms with van der Waals surface area (Å²) in [5.41, 5.74) is 13.5. The number of benzene rings is 3. The molecule has 3 aromatic rings. The van der Waals surface area contributed by atoms with Crippen LogP contribution in [0.3, 0.4) is 0 Å².